The lowest BCUT2D eigenvalue weighted by Crippen LogP contribution is -2.39. The third kappa shape index (κ3) is 4.87. The first-order chi connectivity index (χ1) is 12.0. The highest BCUT2D eigenvalue weighted by atomic mass is 35.5. The Hall–Kier alpha value is -2.24. The summed E-state index contributed by atoms with van der Waals surface area (Å²) in [4.78, 5) is 12.4. The molecule has 2 atom stereocenters. The van der Waals surface area contributed by atoms with Gasteiger partial charge in [-0.15, -0.1) is 0 Å². The van der Waals surface area contributed by atoms with Crippen LogP contribution in [0.15, 0.2) is 42.5 Å². The van der Waals surface area contributed by atoms with Crippen LogP contribution < -0.4 is 20.1 Å². The van der Waals surface area contributed by atoms with Crippen molar-refractivity contribution < 1.29 is 14.3 Å². The number of hydrogen-bond acceptors (Lipinski definition) is 4. The normalized spacial score (nSPS) is 13.0. The average Bonchev–Trinajstić information content (AvgIpc) is 2.62. The Labute approximate surface area is 153 Å². The number of carbonyl (C=O) groups excluding carboxylic acids is 1. The average molecular weight is 363 g/mol. The van der Waals surface area contributed by atoms with Crippen molar-refractivity contribution in [2.24, 2.45) is 0 Å². The molecule has 0 aliphatic heterocycles. The molecule has 0 saturated carbocycles. The number of amides is 1. The zero-order chi connectivity index (χ0) is 18.4. The van der Waals surface area contributed by atoms with Crippen molar-refractivity contribution in [3.63, 3.8) is 0 Å². The van der Waals surface area contributed by atoms with Crippen molar-refractivity contribution in [2.75, 3.05) is 19.5 Å². The van der Waals surface area contributed by atoms with Gasteiger partial charge in [0.25, 0.3) is 0 Å². The third-order valence-electron chi connectivity index (χ3n) is 3.93. The van der Waals surface area contributed by atoms with E-state index in [1.807, 2.05) is 37.3 Å². The largest absolute Gasteiger partial charge is 0.497 e. The summed E-state index contributed by atoms with van der Waals surface area (Å²) in [6, 6.07) is 12.2. The molecule has 0 radical (unpaired) electrons. The highest BCUT2D eigenvalue weighted by Crippen LogP contribution is 2.29. The SMILES string of the molecule is COc1ccc(OC)c(C(C)NC(C)C(=O)Nc2ccccc2Cl)c1. The molecule has 25 heavy (non-hydrogen) atoms. The first-order valence-corrected chi connectivity index (χ1v) is 8.37. The number of ether oxygens (including phenoxy) is 2. The molecule has 2 unspecified atom stereocenters. The van der Waals surface area contributed by atoms with E-state index in [0.29, 0.717) is 10.7 Å². The summed E-state index contributed by atoms with van der Waals surface area (Å²) in [7, 11) is 3.23. The lowest BCUT2D eigenvalue weighted by Gasteiger charge is -2.22. The first-order valence-electron chi connectivity index (χ1n) is 7.99. The van der Waals surface area contributed by atoms with E-state index in [1.165, 1.54) is 0 Å². The van der Waals surface area contributed by atoms with Gasteiger partial charge in [-0.05, 0) is 44.2 Å². The summed E-state index contributed by atoms with van der Waals surface area (Å²) in [5.74, 6) is 1.30. The van der Waals surface area contributed by atoms with Crippen LogP contribution in [-0.2, 0) is 4.79 Å². The number of carbonyl (C=O) groups is 1. The van der Waals surface area contributed by atoms with Crippen molar-refractivity contribution in [3.05, 3.63) is 53.1 Å². The van der Waals surface area contributed by atoms with Gasteiger partial charge in [0.15, 0.2) is 0 Å². The van der Waals surface area contributed by atoms with Gasteiger partial charge in [-0.25, -0.2) is 0 Å². The molecule has 0 aliphatic carbocycles. The van der Waals surface area contributed by atoms with E-state index in [0.717, 1.165) is 17.1 Å². The number of nitrogens with one attached hydrogen (secondary N) is 2. The molecule has 6 heteroatoms. The second kappa shape index (κ2) is 8.74. The Kier molecular flexibility index (Phi) is 6.67. The van der Waals surface area contributed by atoms with Crippen LogP contribution in [0.25, 0.3) is 0 Å². The van der Waals surface area contributed by atoms with Crippen LogP contribution >= 0.6 is 11.6 Å². The van der Waals surface area contributed by atoms with Gasteiger partial charge in [-0.2, -0.15) is 0 Å². The zero-order valence-corrected chi connectivity index (χ0v) is 15.6. The number of hydrogen-bond donors (Lipinski definition) is 2. The Balaban J connectivity index is 2.08. The van der Waals surface area contributed by atoms with Crippen LogP contribution in [-0.4, -0.2) is 26.2 Å². The van der Waals surface area contributed by atoms with Crippen molar-refractivity contribution in [3.8, 4) is 11.5 Å². The minimum atomic E-state index is -0.429. The van der Waals surface area contributed by atoms with Gasteiger partial charge in [-0.1, -0.05) is 23.7 Å². The third-order valence-corrected chi connectivity index (χ3v) is 4.26. The molecule has 2 aromatic rings. The number of para-hydroxylation sites is 1. The summed E-state index contributed by atoms with van der Waals surface area (Å²) in [5, 5.41) is 6.60. The summed E-state index contributed by atoms with van der Waals surface area (Å²) < 4.78 is 10.7. The molecule has 0 saturated heterocycles. The smallest absolute Gasteiger partial charge is 0.241 e. The minimum Gasteiger partial charge on any atom is -0.497 e. The minimum absolute atomic E-state index is 0.114. The molecule has 2 N–H and O–H groups in total. The summed E-state index contributed by atoms with van der Waals surface area (Å²) in [6.45, 7) is 3.77. The Morgan fingerprint density at radius 1 is 1.08 bits per heavy atom. The lowest BCUT2D eigenvalue weighted by atomic mass is 10.1. The number of halogens is 1. The number of benzene rings is 2. The van der Waals surface area contributed by atoms with E-state index in [4.69, 9.17) is 21.1 Å². The van der Waals surface area contributed by atoms with E-state index < -0.39 is 6.04 Å². The summed E-state index contributed by atoms with van der Waals surface area (Å²) in [5.41, 5.74) is 1.51. The Bertz CT molecular complexity index is 736. The fourth-order valence-electron chi connectivity index (χ4n) is 2.52. The van der Waals surface area contributed by atoms with Gasteiger partial charge < -0.3 is 14.8 Å². The molecule has 5 nitrogen and oxygen atoms in total. The maximum Gasteiger partial charge on any atom is 0.241 e. The van der Waals surface area contributed by atoms with Crippen molar-refractivity contribution >= 4 is 23.2 Å². The molecule has 1 amide bonds. The molecular weight excluding hydrogens is 340 g/mol. The molecule has 2 aromatic carbocycles. The van der Waals surface area contributed by atoms with Gasteiger partial charge in [0, 0.05) is 11.6 Å². The lowest BCUT2D eigenvalue weighted by molar-refractivity contribution is -0.117. The standard InChI is InChI=1S/C19H23ClN2O3/c1-12(15-11-14(24-3)9-10-18(15)25-4)21-13(2)19(23)22-17-8-6-5-7-16(17)20/h5-13,21H,1-4H3,(H,22,23). The summed E-state index contributed by atoms with van der Waals surface area (Å²) in [6.07, 6.45) is 0. The molecule has 0 aliphatic rings. The van der Waals surface area contributed by atoms with Gasteiger partial charge in [0.1, 0.15) is 11.5 Å². The number of methoxy groups -OCH3 is 2. The van der Waals surface area contributed by atoms with Crippen molar-refractivity contribution in [2.45, 2.75) is 25.9 Å². The van der Waals surface area contributed by atoms with E-state index in [9.17, 15) is 4.79 Å². The molecule has 0 aromatic heterocycles. The molecule has 2 rings (SSSR count). The predicted molar refractivity (Wildman–Crippen MR) is 101 cm³/mol. The molecule has 0 heterocycles. The summed E-state index contributed by atoms with van der Waals surface area (Å²) >= 11 is 6.08. The van der Waals surface area contributed by atoms with Crippen LogP contribution in [0.5, 0.6) is 11.5 Å². The fourth-order valence-corrected chi connectivity index (χ4v) is 2.70. The van der Waals surface area contributed by atoms with Crippen LogP contribution in [0.4, 0.5) is 5.69 Å². The van der Waals surface area contributed by atoms with E-state index >= 15 is 0 Å². The quantitative estimate of drug-likeness (QED) is 0.780. The first kappa shape index (κ1) is 19.1. The number of rotatable bonds is 7. The molecule has 0 bridgehead atoms. The van der Waals surface area contributed by atoms with Gasteiger partial charge in [-0.3, -0.25) is 10.1 Å². The predicted octanol–water partition coefficient (Wildman–Crippen LogP) is 4.04. The highest BCUT2D eigenvalue weighted by Gasteiger charge is 2.19. The molecular formula is C19H23ClN2O3. The van der Waals surface area contributed by atoms with Gasteiger partial charge in [0.2, 0.25) is 5.91 Å². The monoisotopic (exact) mass is 362 g/mol. The second-order valence-corrected chi connectivity index (χ2v) is 6.09. The molecule has 0 spiro atoms. The maximum absolute atomic E-state index is 12.4. The fraction of sp³-hybridized carbons (Fsp3) is 0.316. The van der Waals surface area contributed by atoms with Crippen LogP contribution in [0.1, 0.15) is 25.5 Å². The second-order valence-electron chi connectivity index (χ2n) is 5.69. The van der Waals surface area contributed by atoms with Gasteiger partial charge in [0.05, 0.1) is 31.0 Å². The van der Waals surface area contributed by atoms with Gasteiger partial charge >= 0.3 is 0 Å². The molecule has 134 valence electrons. The van der Waals surface area contributed by atoms with E-state index in [2.05, 4.69) is 10.6 Å². The van der Waals surface area contributed by atoms with E-state index in [1.54, 1.807) is 33.3 Å². The van der Waals surface area contributed by atoms with Crippen molar-refractivity contribution in [1.82, 2.24) is 5.32 Å². The van der Waals surface area contributed by atoms with Crippen LogP contribution in [0.3, 0.4) is 0 Å². The van der Waals surface area contributed by atoms with Crippen molar-refractivity contribution in [1.29, 1.82) is 0 Å². The Morgan fingerprint density at radius 2 is 1.80 bits per heavy atom. The number of anilines is 1. The Morgan fingerprint density at radius 3 is 2.44 bits per heavy atom. The van der Waals surface area contributed by atoms with E-state index in [-0.39, 0.29) is 11.9 Å². The van der Waals surface area contributed by atoms with Crippen LogP contribution in [0, 0.1) is 0 Å². The topological polar surface area (TPSA) is 59.6 Å². The maximum atomic E-state index is 12.4. The highest BCUT2D eigenvalue weighted by molar-refractivity contribution is 6.33. The van der Waals surface area contributed by atoms with Crippen LogP contribution in [0.2, 0.25) is 5.02 Å². The zero-order valence-electron chi connectivity index (χ0n) is 14.8. The molecule has 0 fully saturated rings.